The largest absolute Gasteiger partial charge is 0.349 e. The fraction of sp³-hybridized carbons (Fsp3) is 0.545. The van der Waals surface area contributed by atoms with Gasteiger partial charge in [0.15, 0.2) is 0 Å². The van der Waals surface area contributed by atoms with E-state index in [-0.39, 0.29) is 5.91 Å². The number of aryl methyl sites for hydroxylation is 3. The molecule has 0 spiro atoms. The number of hydrogen-bond donors (Lipinski definition) is 1. The van der Waals surface area contributed by atoms with Crippen molar-refractivity contribution in [1.29, 1.82) is 0 Å². The van der Waals surface area contributed by atoms with Crippen LogP contribution < -0.4 is 5.32 Å². The Bertz CT molecular complexity index is 387. The van der Waals surface area contributed by atoms with Crippen LogP contribution in [0, 0.1) is 20.8 Å². The van der Waals surface area contributed by atoms with Crippen molar-refractivity contribution in [3.8, 4) is 0 Å². The van der Waals surface area contributed by atoms with E-state index >= 15 is 0 Å². The molecular formula is C11H15N3O. The average Bonchev–Trinajstić information content (AvgIpc) is 2.85. The maximum absolute atomic E-state index is 11.9. The lowest BCUT2D eigenvalue weighted by Crippen LogP contribution is -2.27. The molecule has 0 saturated heterocycles. The first-order valence-corrected chi connectivity index (χ1v) is 5.20. The lowest BCUT2D eigenvalue weighted by molar-refractivity contribution is 0.0949. The summed E-state index contributed by atoms with van der Waals surface area (Å²) in [5.41, 5.74) is 2.16. The van der Waals surface area contributed by atoms with Gasteiger partial charge in [-0.25, -0.2) is 9.97 Å². The molecule has 4 nitrogen and oxygen atoms in total. The van der Waals surface area contributed by atoms with Gasteiger partial charge in [-0.15, -0.1) is 0 Å². The van der Waals surface area contributed by atoms with Crippen molar-refractivity contribution in [3.63, 3.8) is 0 Å². The first-order chi connectivity index (χ1) is 7.08. The summed E-state index contributed by atoms with van der Waals surface area (Å²) < 4.78 is 0. The summed E-state index contributed by atoms with van der Waals surface area (Å²) in [6.07, 6.45) is 2.19. The summed E-state index contributed by atoms with van der Waals surface area (Å²) in [5.74, 6) is 0.681. The van der Waals surface area contributed by atoms with E-state index in [0.717, 1.165) is 24.2 Å². The number of hydrogen-bond acceptors (Lipinski definition) is 3. The minimum atomic E-state index is -0.0347. The molecule has 2 rings (SSSR count). The first kappa shape index (κ1) is 10.1. The van der Waals surface area contributed by atoms with Gasteiger partial charge in [-0.3, -0.25) is 4.79 Å². The zero-order valence-corrected chi connectivity index (χ0v) is 9.29. The molecule has 1 N–H and O–H groups in total. The van der Waals surface area contributed by atoms with Crippen molar-refractivity contribution >= 4 is 5.91 Å². The minimum absolute atomic E-state index is 0.0347. The maximum Gasteiger partial charge on any atom is 0.255 e. The molecule has 0 atom stereocenters. The number of carbonyl (C=O) groups is 1. The van der Waals surface area contributed by atoms with Crippen LogP contribution in [0.15, 0.2) is 0 Å². The van der Waals surface area contributed by atoms with Gasteiger partial charge in [0, 0.05) is 6.04 Å². The standard InChI is InChI=1S/C11H15N3O/c1-6-10(7(2)13-8(3)12-6)11(15)14-9-4-5-9/h9H,4-5H2,1-3H3,(H,14,15). The maximum atomic E-state index is 11.9. The minimum Gasteiger partial charge on any atom is -0.349 e. The summed E-state index contributed by atoms with van der Waals surface area (Å²) in [7, 11) is 0. The van der Waals surface area contributed by atoms with Crippen LogP contribution in [-0.4, -0.2) is 21.9 Å². The number of nitrogens with one attached hydrogen (secondary N) is 1. The lowest BCUT2D eigenvalue weighted by Gasteiger charge is -2.09. The van der Waals surface area contributed by atoms with Gasteiger partial charge >= 0.3 is 0 Å². The van der Waals surface area contributed by atoms with Crippen LogP contribution in [0.25, 0.3) is 0 Å². The zero-order valence-electron chi connectivity index (χ0n) is 9.29. The number of carbonyl (C=O) groups excluding carboxylic acids is 1. The van der Waals surface area contributed by atoms with Crippen LogP contribution in [0.4, 0.5) is 0 Å². The molecule has 1 aromatic rings. The fourth-order valence-corrected chi connectivity index (χ4v) is 1.70. The van der Waals surface area contributed by atoms with E-state index in [2.05, 4.69) is 15.3 Å². The molecule has 80 valence electrons. The Hall–Kier alpha value is -1.45. The molecule has 15 heavy (non-hydrogen) atoms. The van der Waals surface area contributed by atoms with Crippen molar-refractivity contribution in [2.45, 2.75) is 39.7 Å². The number of rotatable bonds is 2. The smallest absolute Gasteiger partial charge is 0.255 e. The molecule has 1 fully saturated rings. The quantitative estimate of drug-likeness (QED) is 0.791. The van der Waals surface area contributed by atoms with Crippen LogP contribution in [0.3, 0.4) is 0 Å². The third-order valence-electron chi connectivity index (χ3n) is 2.52. The normalized spacial score (nSPS) is 15.1. The summed E-state index contributed by atoms with van der Waals surface area (Å²) in [6, 6.07) is 0.373. The SMILES string of the molecule is Cc1nc(C)c(C(=O)NC2CC2)c(C)n1. The Morgan fingerprint density at radius 1 is 1.20 bits per heavy atom. The highest BCUT2D eigenvalue weighted by atomic mass is 16.1. The predicted octanol–water partition coefficient (Wildman–Crippen LogP) is 1.29. The van der Waals surface area contributed by atoms with E-state index in [1.54, 1.807) is 0 Å². The molecule has 1 heterocycles. The second-order valence-corrected chi connectivity index (χ2v) is 4.06. The summed E-state index contributed by atoms with van der Waals surface area (Å²) in [6.45, 7) is 5.54. The highest BCUT2D eigenvalue weighted by molar-refractivity contribution is 5.96. The molecular weight excluding hydrogens is 190 g/mol. The van der Waals surface area contributed by atoms with Crippen molar-refractivity contribution in [2.75, 3.05) is 0 Å². The third-order valence-corrected chi connectivity index (χ3v) is 2.52. The van der Waals surface area contributed by atoms with Gasteiger partial charge < -0.3 is 5.32 Å². The topological polar surface area (TPSA) is 54.9 Å². The van der Waals surface area contributed by atoms with E-state index in [9.17, 15) is 4.79 Å². The van der Waals surface area contributed by atoms with Gasteiger partial charge in [-0.1, -0.05) is 0 Å². The number of aromatic nitrogens is 2. The molecule has 1 aromatic heterocycles. The fourth-order valence-electron chi connectivity index (χ4n) is 1.70. The van der Waals surface area contributed by atoms with Crippen molar-refractivity contribution in [1.82, 2.24) is 15.3 Å². The van der Waals surface area contributed by atoms with Crippen LogP contribution >= 0.6 is 0 Å². The molecule has 0 aliphatic heterocycles. The highest BCUT2D eigenvalue weighted by Gasteiger charge is 2.25. The molecule has 1 aliphatic carbocycles. The van der Waals surface area contributed by atoms with Crippen molar-refractivity contribution in [2.24, 2.45) is 0 Å². The Labute approximate surface area is 89.1 Å². The van der Waals surface area contributed by atoms with Crippen LogP contribution in [0.2, 0.25) is 0 Å². The monoisotopic (exact) mass is 205 g/mol. The molecule has 4 heteroatoms. The Morgan fingerprint density at radius 2 is 1.73 bits per heavy atom. The van der Waals surface area contributed by atoms with Crippen LogP contribution in [-0.2, 0) is 0 Å². The lowest BCUT2D eigenvalue weighted by atomic mass is 10.1. The first-order valence-electron chi connectivity index (χ1n) is 5.20. The molecule has 1 saturated carbocycles. The summed E-state index contributed by atoms with van der Waals surface area (Å²) in [5, 5.41) is 2.95. The van der Waals surface area contributed by atoms with E-state index in [4.69, 9.17) is 0 Å². The number of nitrogens with zero attached hydrogens (tertiary/aromatic N) is 2. The van der Waals surface area contributed by atoms with E-state index in [0.29, 0.717) is 17.4 Å². The molecule has 1 amide bonds. The highest BCUT2D eigenvalue weighted by Crippen LogP contribution is 2.20. The summed E-state index contributed by atoms with van der Waals surface area (Å²) >= 11 is 0. The van der Waals surface area contributed by atoms with Gasteiger partial charge in [0.25, 0.3) is 5.91 Å². The van der Waals surface area contributed by atoms with Crippen LogP contribution in [0.5, 0.6) is 0 Å². The average molecular weight is 205 g/mol. The van der Waals surface area contributed by atoms with Crippen molar-refractivity contribution in [3.05, 3.63) is 22.8 Å². The van der Waals surface area contributed by atoms with E-state index in [1.807, 2.05) is 20.8 Å². The second kappa shape index (κ2) is 3.61. The van der Waals surface area contributed by atoms with E-state index in [1.165, 1.54) is 0 Å². The van der Waals surface area contributed by atoms with Gasteiger partial charge in [0.05, 0.1) is 17.0 Å². The Morgan fingerprint density at radius 3 is 2.20 bits per heavy atom. The van der Waals surface area contributed by atoms with Gasteiger partial charge in [0.2, 0.25) is 0 Å². The molecule has 0 radical (unpaired) electrons. The zero-order chi connectivity index (χ0) is 11.0. The van der Waals surface area contributed by atoms with E-state index < -0.39 is 0 Å². The van der Waals surface area contributed by atoms with Gasteiger partial charge in [-0.05, 0) is 33.6 Å². The number of amides is 1. The van der Waals surface area contributed by atoms with Crippen LogP contribution in [0.1, 0.15) is 40.4 Å². The Balaban J connectivity index is 2.29. The third kappa shape index (κ3) is 2.14. The molecule has 0 bridgehead atoms. The second-order valence-electron chi connectivity index (χ2n) is 4.06. The predicted molar refractivity (Wildman–Crippen MR) is 56.7 cm³/mol. The Kier molecular flexibility index (Phi) is 2.42. The molecule has 0 aromatic carbocycles. The molecule has 0 unspecified atom stereocenters. The van der Waals surface area contributed by atoms with Gasteiger partial charge in [-0.2, -0.15) is 0 Å². The molecule has 1 aliphatic rings. The van der Waals surface area contributed by atoms with Crippen molar-refractivity contribution < 1.29 is 4.79 Å². The summed E-state index contributed by atoms with van der Waals surface area (Å²) in [4.78, 5) is 20.3. The van der Waals surface area contributed by atoms with Gasteiger partial charge in [0.1, 0.15) is 5.82 Å².